The summed E-state index contributed by atoms with van der Waals surface area (Å²) in [4.78, 5) is 0. The Morgan fingerprint density at radius 1 is 0.778 bits per heavy atom. The molecule has 0 spiro atoms. The third-order valence-corrected chi connectivity index (χ3v) is 3.73. The Bertz CT molecular complexity index is 536. The van der Waals surface area contributed by atoms with E-state index in [1.807, 2.05) is 12.1 Å². The van der Waals surface area contributed by atoms with Crippen molar-refractivity contribution in [2.75, 3.05) is 5.73 Å². The van der Waals surface area contributed by atoms with Gasteiger partial charge in [-0.3, -0.25) is 0 Å². The average molecular weight is 239 g/mol. The van der Waals surface area contributed by atoms with E-state index in [2.05, 4.69) is 24.3 Å². The zero-order chi connectivity index (χ0) is 12.5. The second-order valence-electron chi connectivity index (χ2n) is 5.00. The third kappa shape index (κ3) is 2.06. The van der Waals surface area contributed by atoms with Gasteiger partial charge in [0.05, 0.1) is 0 Å². The molecule has 6 rings (SSSR count). The lowest BCUT2D eigenvalue weighted by Crippen LogP contribution is -2.02. The van der Waals surface area contributed by atoms with Crippen molar-refractivity contribution in [3.05, 3.63) is 58.7 Å². The normalized spacial score (nSPS) is 14.2. The summed E-state index contributed by atoms with van der Waals surface area (Å²) >= 11 is 0. The van der Waals surface area contributed by atoms with Gasteiger partial charge in [-0.05, 0) is 60.1 Å². The first-order valence-corrected chi connectivity index (χ1v) is 6.40. The fourth-order valence-corrected chi connectivity index (χ4v) is 2.56. The summed E-state index contributed by atoms with van der Waals surface area (Å²) in [7, 11) is 0. The van der Waals surface area contributed by atoms with Gasteiger partial charge in [-0.1, -0.05) is 24.3 Å². The number of aryl methyl sites for hydroxylation is 4. The quantitative estimate of drug-likeness (QED) is 0.694. The predicted octanol–water partition coefficient (Wildman–Crippen LogP) is 2.86. The molecule has 2 nitrogen and oxygen atoms in total. The molecular formula is C16H17NO. The molecule has 3 N–H and O–H groups in total. The van der Waals surface area contributed by atoms with Crippen molar-refractivity contribution in [1.29, 1.82) is 0 Å². The van der Waals surface area contributed by atoms with Crippen LogP contribution in [0.1, 0.15) is 22.3 Å². The second kappa shape index (κ2) is 4.37. The molecule has 2 heteroatoms. The summed E-state index contributed by atoms with van der Waals surface area (Å²) in [5.74, 6) is 0.426. The molecule has 0 amide bonds. The summed E-state index contributed by atoms with van der Waals surface area (Å²) < 4.78 is 0. The second-order valence-corrected chi connectivity index (χ2v) is 5.00. The largest absolute Gasteiger partial charge is 0.508 e. The number of rotatable bonds is 0. The maximum absolute atomic E-state index is 9.98. The van der Waals surface area contributed by atoms with Gasteiger partial charge in [0.25, 0.3) is 0 Å². The first-order valence-electron chi connectivity index (χ1n) is 6.40. The molecule has 2 aromatic carbocycles. The summed E-state index contributed by atoms with van der Waals surface area (Å²) in [6.07, 6.45) is 3.60. The highest BCUT2D eigenvalue weighted by Gasteiger charge is 2.08. The first kappa shape index (κ1) is 11.1. The van der Waals surface area contributed by atoms with Crippen molar-refractivity contribution < 1.29 is 5.11 Å². The van der Waals surface area contributed by atoms with Crippen LogP contribution in [0.4, 0.5) is 5.69 Å². The van der Waals surface area contributed by atoms with Crippen molar-refractivity contribution in [2.24, 2.45) is 0 Å². The standard InChI is InChI=1S/C16H17NO/c17-15-9-11-1-5-13(15)6-2-12-4-8-14(7-3-11)16(18)10-12/h1,4-5,8-10,18H,2-3,6-7,17H2. The minimum Gasteiger partial charge on any atom is -0.508 e. The topological polar surface area (TPSA) is 46.2 Å². The molecule has 0 heterocycles. The van der Waals surface area contributed by atoms with E-state index in [1.165, 1.54) is 16.7 Å². The highest BCUT2D eigenvalue weighted by atomic mass is 16.3. The van der Waals surface area contributed by atoms with Crippen molar-refractivity contribution in [3.63, 3.8) is 0 Å². The van der Waals surface area contributed by atoms with Crippen LogP contribution in [0.5, 0.6) is 5.75 Å². The number of aromatic hydroxyl groups is 1. The van der Waals surface area contributed by atoms with Crippen molar-refractivity contribution in [3.8, 4) is 5.75 Å². The fourth-order valence-electron chi connectivity index (χ4n) is 2.56. The highest BCUT2D eigenvalue weighted by Crippen LogP contribution is 2.25. The van der Waals surface area contributed by atoms with Crippen LogP contribution in [0, 0.1) is 0 Å². The maximum Gasteiger partial charge on any atom is 0.119 e. The van der Waals surface area contributed by atoms with Gasteiger partial charge in [-0.2, -0.15) is 0 Å². The third-order valence-electron chi connectivity index (χ3n) is 3.73. The fraction of sp³-hybridized carbons (Fsp3) is 0.250. The number of phenols is 1. The molecule has 0 unspecified atom stereocenters. The van der Waals surface area contributed by atoms with E-state index < -0.39 is 0 Å². The Labute approximate surface area is 107 Å². The minimum atomic E-state index is 0.426. The monoisotopic (exact) mass is 239 g/mol. The lowest BCUT2D eigenvalue weighted by molar-refractivity contribution is 0.467. The smallest absolute Gasteiger partial charge is 0.119 e. The van der Waals surface area contributed by atoms with Crippen LogP contribution < -0.4 is 5.73 Å². The number of anilines is 1. The van der Waals surface area contributed by atoms with Gasteiger partial charge in [0.15, 0.2) is 0 Å². The van der Waals surface area contributed by atoms with E-state index >= 15 is 0 Å². The van der Waals surface area contributed by atoms with Gasteiger partial charge in [0.2, 0.25) is 0 Å². The van der Waals surface area contributed by atoms with Crippen molar-refractivity contribution in [1.82, 2.24) is 0 Å². The number of benzene rings is 2. The average Bonchev–Trinajstić information content (AvgIpc) is 2.34. The van der Waals surface area contributed by atoms with Crippen LogP contribution in [0.2, 0.25) is 0 Å². The van der Waals surface area contributed by atoms with E-state index in [0.717, 1.165) is 36.9 Å². The van der Waals surface area contributed by atoms with Crippen molar-refractivity contribution >= 4 is 5.69 Å². The van der Waals surface area contributed by atoms with Crippen LogP contribution in [0.15, 0.2) is 36.4 Å². The van der Waals surface area contributed by atoms with Crippen LogP contribution >= 0.6 is 0 Å². The number of hydrogen-bond donors (Lipinski definition) is 2. The Morgan fingerprint density at radius 3 is 2.06 bits per heavy atom. The van der Waals surface area contributed by atoms with Gasteiger partial charge in [0, 0.05) is 5.69 Å². The number of hydrogen-bond acceptors (Lipinski definition) is 2. The molecule has 0 aromatic heterocycles. The zero-order valence-corrected chi connectivity index (χ0v) is 10.3. The molecule has 2 aromatic rings. The lowest BCUT2D eigenvalue weighted by Gasteiger charge is -2.13. The Kier molecular flexibility index (Phi) is 2.71. The van der Waals surface area contributed by atoms with E-state index in [9.17, 15) is 5.11 Å². The van der Waals surface area contributed by atoms with E-state index in [-0.39, 0.29) is 0 Å². The summed E-state index contributed by atoms with van der Waals surface area (Å²) in [6, 6.07) is 12.4. The summed E-state index contributed by atoms with van der Waals surface area (Å²) in [5, 5.41) is 9.98. The minimum absolute atomic E-state index is 0.426. The molecule has 0 atom stereocenters. The van der Waals surface area contributed by atoms with Crippen molar-refractivity contribution in [2.45, 2.75) is 25.7 Å². The Morgan fingerprint density at radius 2 is 1.39 bits per heavy atom. The molecular weight excluding hydrogens is 222 g/mol. The molecule has 92 valence electrons. The van der Waals surface area contributed by atoms with E-state index in [0.29, 0.717) is 5.75 Å². The zero-order valence-electron chi connectivity index (χ0n) is 10.3. The summed E-state index contributed by atoms with van der Waals surface area (Å²) in [5.41, 5.74) is 11.6. The Hall–Kier alpha value is -1.96. The van der Waals surface area contributed by atoms with Gasteiger partial charge in [-0.15, -0.1) is 0 Å². The van der Waals surface area contributed by atoms with Crippen LogP contribution in [0.25, 0.3) is 0 Å². The number of nitrogen functional groups attached to an aromatic ring is 1. The van der Waals surface area contributed by atoms with E-state index in [1.54, 1.807) is 0 Å². The molecule has 0 saturated heterocycles. The van der Waals surface area contributed by atoms with Crippen LogP contribution in [0.3, 0.4) is 0 Å². The molecule has 0 radical (unpaired) electrons. The first-order chi connectivity index (χ1) is 8.72. The molecule has 4 bridgehead atoms. The van der Waals surface area contributed by atoms with Crippen LogP contribution in [-0.4, -0.2) is 5.11 Å². The Balaban J connectivity index is 2.03. The molecule has 0 fully saturated rings. The molecule has 0 saturated carbocycles. The van der Waals surface area contributed by atoms with Gasteiger partial charge in [-0.25, -0.2) is 0 Å². The lowest BCUT2D eigenvalue weighted by atomic mass is 9.95. The number of nitrogens with two attached hydrogens (primary N) is 1. The molecule has 4 aliphatic carbocycles. The SMILES string of the molecule is Nc1cc2ccc1CCc1ccc(c(O)c1)CC2. The number of phenolic OH excluding ortho intramolecular Hbond substituents is 1. The highest BCUT2D eigenvalue weighted by molar-refractivity contribution is 5.50. The van der Waals surface area contributed by atoms with Gasteiger partial charge in [0.1, 0.15) is 5.75 Å². The maximum atomic E-state index is 9.98. The van der Waals surface area contributed by atoms with E-state index in [4.69, 9.17) is 5.73 Å². The molecule has 0 aliphatic heterocycles. The van der Waals surface area contributed by atoms with Crippen LogP contribution in [-0.2, 0) is 25.7 Å². The molecule has 18 heavy (non-hydrogen) atoms. The molecule has 4 aliphatic rings. The van der Waals surface area contributed by atoms with Gasteiger partial charge >= 0.3 is 0 Å². The summed E-state index contributed by atoms with van der Waals surface area (Å²) in [6.45, 7) is 0. The van der Waals surface area contributed by atoms with Gasteiger partial charge < -0.3 is 10.8 Å². The predicted molar refractivity (Wildman–Crippen MR) is 73.8 cm³/mol.